The van der Waals surface area contributed by atoms with E-state index in [-0.39, 0.29) is 0 Å². The van der Waals surface area contributed by atoms with Crippen molar-refractivity contribution in [3.8, 4) is 11.1 Å². The van der Waals surface area contributed by atoms with Gasteiger partial charge in [0.15, 0.2) is 0 Å². The largest absolute Gasteiger partial charge is 0.464 e. The number of hydrogen-bond acceptors (Lipinski definition) is 5. The number of nitrogen functional groups attached to an aromatic ring is 1. The van der Waals surface area contributed by atoms with Crippen LogP contribution in [0.1, 0.15) is 16.1 Å². The molecular formula is C15H15N3O2. The highest BCUT2D eigenvalue weighted by atomic mass is 16.5. The summed E-state index contributed by atoms with van der Waals surface area (Å²) in [5.74, 6) is -0.422. The molecular weight excluding hydrogens is 254 g/mol. The third kappa shape index (κ3) is 1.79. The van der Waals surface area contributed by atoms with Crippen molar-refractivity contribution in [2.24, 2.45) is 0 Å². The summed E-state index contributed by atoms with van der Waals surface area (Å²) in [7, 11) is 3.34. The van der Waals surface area contributed by atoms with Crippen molar-refractivity contribution >= 4 is 17.3 Å². The first-order valence-corrected chi connectivity index (χ1v) is 6.29. The minimum atomic E-state index is -0.422. The van der Waals surface area contributed by atoms with Crippen LogP contribution in [0, 0.1) is 0 Å². The molecule has 102 valence electrons. The number of carbonyl (C=O) groups is 1. The summed E-state index contributed by atoms with van der Waals surface area (Å²) in [5.41, 5.74) is 11.2. The number of benzene rings is 1. The number of para-hydroxylation sites is 1. The minimum absolute atomic E-state index is 0.326. The number of aromatic nitrogens is 1. The molecule has 0 radical (unpaired) electrons. The van der Waals surface area contributed by atoms with Gasteiger partial charge >= 0.3 is 5.97 Å². The highest BCUT2D eigenvalue weighted by Gasteiger charge is 2.23. The molecule has 1 aromatic heterocycles. The first-order chi connectivity index (χ1) is 9.61. The fraction of sp³-hybridized carbons (Fsp3) is 0.200. The Hall–Kier alpha value is -2.56. The second-order valence-corrected chi connectivity index (χ2v) is 4.82. The lowest BCUT2D eigenvalue weighted by Crippen LogP contribution is -2.23. The number of ether oxygens (including phenoxy) is 1. The molecule has 2 heterocycles. The number of carbonyl (C=O) groups excluding carboxylic acids is 1. The Morgan fingerprint density at radius 1 is 1.40 bits per heavy atom. The van der Waals surface area contributed by atoms with E-state index in [2.05, 4.69) is 9.88 Å². The van der Waals surface area contributed by atoms with E-state index < -0.39 is 5.97 Å². The number of nitrogens with zero attached hydrogens (tertiary/aromatic N) is 2. The van der Waals surface area contributed by atoms with Crippen molar-refractivity contribution in [3.05, 3.63) is 41.7 Å². The fourth-order valence-electron chi connectivity index (χ4n) is 2.63. The fourth-order valence-corrected chi connectivity index (χ4v) is 2.63. The molecule has 0 spiro atoms. The van der Waals surface area contributed by atoms with Gasteiger partial charge in [-0.25, -0.2) is 9.78 Å². The van der Waals surface area contributed by atoms with E-state index >= 15 is 0 Å². The number of nitrogens with two attached hydrogens (primary N) is 1. The van der Waals surface area contributed by atoms with Gasteiger partial charge in [-0.05, 0) is 17.7 Å². The Bertz CT molecular complexity index is 698. The molecule has 0 amide bonds. The molecule has 0 unspecified atom stereocenters. The topological polar surface area (TPSA) is 68.4 Å². The van der Waals surface area contributed by atoms with E-state index in [4.69, 9.17) is 10.5 Å². The monoisotopic (exact) mass is 269 g/mol. The lowest BCUT2D eigenvalue weighted by atomic mass is 9.94. The van der Waals surface area contributed by atoms with Crippen LogP contribution in [0.2, 0.25) is 0 Å². The number of fused-ring (bicyclic) bond motifs is 3. The van der Waals surface area contributed by atoms with Crippen LogP contribution in [-0.4, -0.2) is 25.1 Å². The maximum Gasteiger partial charge on any atom is 0.356 e. The van der Waals surface area contributed by atoms with Gasteiger partial charge < -0.3 is 15.4 Å². The van der Waals surface area contributed by atoms with Crippen LogP contribution in [-0.2, 0) is 11.3 Å². The molecule has 20 heavy (non-hydrogen) atoms. The van der Waals surface area contributed by atoms with Crippen LogP contribution in [0.3, 0.4) is 0 Å². The molecule has 0 saturated heterocycles. The zero-order chi connectivity index (χ0) is 14.3. The maximum absolute atomic E-state index is 11.6. The number of methoxy groups -OCH3 is 1. The summed E-state index contributed by atoms with van der Waals surface area (Å²) >= 11 is 0. The molecule has 2 aromatic rings. The van der Waals surface area contributed by atoms with Crippen LogP contribution < -0.4 is 10.6 Å². The SMILES string of the molecule is COC(=O)c1cc2c(cn1)-c1cccc(N)c1N(C)C2. The molecule has 1 aromatic carbocycles. The van der Waals surface area contributed by atoms with E-state index in [0.717, 1.165) is 28.1 Å². The summed E-state index contributed by atoms with van der Waals surface area (Å²) in [6, 6.07) is 7.60. The molecule has 3 rings (SSSR count). The number of esters is 1. The van der Waals surface area contributed by atoms with Crippen molar-refractivity contribution < 1.29 is 9.53 Å². The van der Waals surface area contributed by atoms with Crippen molar-refractivity contribution in [2.45, 2.75) is 6.54 Å². The van der Waals surface area contributed by atoms with E-state index in [1.807, 2.05) is 25.2 Å². The Morgan fingerprint density at radius 3 is 2.95 bits per heavy atom. The van der Waals surface area contributed by atoms with Gasteiger partial charge in [-0.2, -0.15) is 0 Å². The lowest BCUT2D eigenvalue weighted by Gasteiger charge is -2.30. The number of rotatable bonds is 1. The van der Waals surface area contributed by atoms with Crippen molar-refractivity contribution in [1.82, 2.24) is 4.98 Å². The van der Waals surface area contributed by atoms with Crippen LogP contribution in [0.15, 0.2) is 30.5 Å². The molecule has 0 fully saturated rings. The molecule has 0 atom stereocenters. The normalized spacial score (nSPS) is 12.6. The van der Waals surface area contributed by atoms with Gasteiger partial charge in [0.1, 0.15) is 5.69 Å². The van der Waals surface area contributed by atoms with Crippen LogP contribution in [0.5, 0.6) is 0 Å². The standard InChI is InChI=1S/C15H15N3O2/c1-18-8-9-6-13(15(19)20-2)17-7-11(9)10-4-3-5-12(16)14(10)18/h3-7H,8,16H2,1-2H3. The van der Waals surface area contributed by atoms with Crippen LogP contribution >= 0.6 is 0 Å². The second kappa shape index (κ2) is 4.52. The number of hydrogen-bond donors (Lipinski definition) is 1. The third-order valence-corrected chi connectivity index (χ3v) is 3.53. The van der Waals surface area contributed by atoms with Crippen molar-refractivity contribution in [3.63, 3.8) is 0 Å². The van der Waals surface area contributed by atoms with E-state index in [9.17, 15) is 4.79 Å². The van der Waals surface area contributed by atoms with Gasteiger partial charge in [0.05, 0.1) is 18.5 Å². The lowest BCUT2D eigenvalue weighted by molar-refractivity contribution is 0.0594. The molecule has 1 aliphatic rings. The Kier molecular flexibility index (Phi) is 2.82. The van der Waals surface area contributed by atoms with Crippen molar-refractivity contribution in [1.29, 1.82) is 0 Å². The van der Waals surface area contributed by atoms with Gasteiger partial charge in [0.25, 0.3) is 0 Å². The number of anilines is 2. The highest BCUT2D eigenvalue weighted by molar-refractivity contribution is 5.92. The zero-order valence-corrected chi connectivity index (χ0v) is 11.4. The average molecular weight is 269 g/mol. The Balaban J connectivity index is 2.18. The molecule has 2 N–H and O–H groups in total. The first-order valence-electron chi connectivity index (χ1n) is 6.29. The summed E-state index contributed by atoms with van der Waals surface area (Å²) in [6.45, 7) is 0.684. The van der Waals surface area contributed by atoms with Gasteiger partial charge in [-0.3, -0.25) is 0 Å². The predicted molar refractivity (Wildman–Crippen MR) is 77.5 cm³/mol. The smallest absolute Gasteiger partial charge is 0.356 e. The summed E-state index contributed by atoms with van der Waals surface area (Å²) in [4.78, 5) is 17.8. The van der Waals surface area contributed by atoms with Gasteiger partial charge in [0.2, 0.25) is 0 Å². The third-order valence-electron chi connectivity index (χ3n) is 3.53. The molecule has 0 aliphatic carbocycles. The summed E-state index contributed by atoms with van der Waals surface area (Å²) in [6.07, 6.45) is 1.72. The summed E-state index contributed by atoms with van der Waals surface area (Å²) < 4.78 is 4.71. The molecule has 0 saturated carbocycles. The Morgan fingerprint density at radius 2 is 2.20 bits per heavy atom. The van der Waals surface area contributed by atoms with E-state index in [1.165, 1.54) is 7.11 Å². The van der Waals surface area contributed by atoms with Gasteiger partial charge in [-0.15, -0.1) is 0 Å². The predicted octanol–water partition coefficient (Wildman–Crippen LogP) is 2.07. The zero-order valence-electron chi connectivity index (χ0n) is 11.4. The Labute approximate surface area is 117 Å². The average Bonchev–Trinajstić information content (AvgIpc) is 2.45. The maximum atomic E-state index is 11.6. The van der Waals surface area contributed by atoms with Crippen molar-refractivity contribution in [2.75, 3.05) is 24.8 Å². The molecule has 0 bridgehead atoms. The molecule has 5 nitrogen and oxygen atoms in total. The molecule has 5 heteroatoms. The minimum Gasteiger partial charge on any atom is -0.464 e. The quantitative estimate of drug-likeness (QED) is 0.634. The highest BCUT2D eigenvalue weighted by Crippen LogP contribution is 2.41. The second-order valence-electron chi connectivity index (χ2n) is 4.82. The van der Waals surface area contributed by atoms with E-state index in [1.54, 1.807) is 12.3 Å². The van der Waals surface area contributed by atoms with E-state index in [0.29, 0.717) is 12.2 Å². The van der Waals surface area contributed by atoms with Crippen LogP contribution in [0.25, 0.3) is 11.1 Å². The van der Waals surface area contributed by atoms with Gasteiger partial charge in [0, 0.05) is 30.9 Å². The molecule has 1 aliphatic heterocycles. The number of pyridine rings is 1. The van der Waals surface area contributed by atoms with Gasteiger partial charge in [-0.1, -0.05) is 12.1 Å². The summed E-state index contributed by atoms with van der Waals surface area (Å²) in [5, 5.41) is 0. The first kappa shape index (κ1) is 12.5. The van der Waals surface area contributed by atoms with Crippen LogP contribution in [0.4, 0.5) is 11.4 Å².